The van der Waals surface area contributed by atoms with E-state index in [1.807, 2.05) is 37.3 Å². The molecule has 0 radical (unpaired) electrons. The number of ether oxygens (including phenoxy) is 1. The summed E-state index contributed by atoms with van der Waals surface area (Å²) < 4.78 is 5.41. The Balaban J connectivity index is 2.24. The second-order valence-corrected chi connectivity index (χ2v) is 5.60. The van der Waals surface area contributed by atoms with E-state index in [1.165, 1.54) is 0 Å². The molecular formula is C20H22O3. The van der Waals surface area contributed by atoms with Crippen LogP contribution in [0.1, 0.15) is 30.0 Å². The highest BCUT2D eigenvalue weighted by molar-refractivity contribution is 5.72. The van der Waals surface area contributed by atoms with Crippen LogP contribution in [0.25, 0.3) is 12.2 Å². The highest BCUT2D eigenvalue weighted by Gasteiger charge is 2.10. The zero-order valence-electron chi connectivity index (χ0n) is 13.5. The van der Waals surface area contributed by atoms with Gasteiger partial charge < -0.3 is 14.9 Å². The Hall–Kier alpha value is -2.68. The van der Waals surface area contributed by atoms with Gasteiger partial charge in [-0.3, -0.25) is 0 Å². The van der Waals surface area contributed by atoms with Crippen LogP contribution in [-0.2, 0) is 6.42 Å². The van der Waals surface area contributed by atoms with Crippen LogP contribution in [-0.4, -0.2) is 17.3 Å². The van der Waals surface area contributed by atoms with Crippen LogP contribution in [0.4, 0.5) is 0 Å². The Morgan fingerprint density at radius 2 is 1.74 bits per heavy atom. The van der Waals surface area contributed by atoms with Crippen molar-refractivity contribution in [3.63, 3.8) is 0 Å². The van der Waals surface area contributed by atoms with Crippen molar-refractivity contribution in [1.29, 1.82) is 0 Å². The summed E-state index contributed by atoms with van der Waals surface area (Å²) in [7, 11) is 1.60. The molecule has 0 heterocycles. The summed E-state index contributed by atoms with van der Waals surface area (Å²) in [6.07, 6.45) is 5.33. The molecule has 0 aliphatic heterocycles. The molecule has 120 valence electrons. The minimum Gasteiger partial charge on any atom is -0.508 e. The lowest BCUT2D eigenvalue weighted by Crippen LogP contribution is -1.95. The molecule has 2 rings (SSSR count). The lowest BCUT2D eigenvalue weighted by atomic mass is 10.0. The van der Waals surface area contributed by atoms with Gasteiger partial charge in [0.2, 0.25) is 0 Å². The van der Waals surface area contributed by atoms with E-state index in [0.29, 0.717) is 12.2 Å². The molecular weight excluding hydrogens is 288 g/mol. The molecule has 0 bridgehead atoms. The zero-order chi connectivity index (χ0) is 16.8. The van der Waals surface area contributed by atoms with Gasteiger partial charge in [-0.15, -0.1) is 6.58 Å². The van der Waals surface area contributed by atoms with Gasteiger partial charge in [0.15, 0.2) is 0 Å². The molecule has 2 aromatic carbocycles. The topological polar surface area (TPSA) is 49.7 Å². The highest BCUT2D eigenvalue weighted by atomic mass is 16.5. The molecule has 0 aliphatic carbocycles. The minimum atomic E-state index is 0.232. The Morgan fingerprint density at radius 3 is 2.35 bits per heavy atom. The summed E-state index contributed by atoms with van der Waals surface area (Å²) in [5.41, 5.74) is 3.69. The monoisotopic (exact) mass is 310 g/mol. The number of aromatic hydroxyl groups is 2. The van der Waals surface area contributed by atoms with Gasteiger partial charge in [-0.05, 0) is 55.2 Å². The molecule has 23 heavy (non-hydrogen) atoms. The first-order valence-corrected chi connectivity index (χ1v) is 7.51. The van der Waals surface area contributed by atoms with Gasteiger partial charge in [0.25, 0.3) is 0 Å². The summed E-state index contributed by atoms with van der Waals surface area (Å²) in [6, 6.07) is 10.6. The predicted molar refractivity (Wildman–Crippen MR) is 94.8 cm³/mol. The van der Waals surface area contributed by atoms with Crippen molar-refractivity contribution in [2.75, 3.05) is 7.11 Å². The van der Waals surface area contributed by atoms with Gasteiger partial charge in [-0.2, -0.15) is 0 Å². The first kappa shape index (κ1) is 16.7. The Labute approximate surface area is 137 Å². The highest BCUT2D eigenvalue weighted by Crippen LogP contribution is 2.32. The molecule has 0 aliphatic rings. The molecule has 2 aromatic rings. The number of phenolic OH excluding ortho intramolecular Hbond substituents is 2. The zero-order valence-corrected chi connectivity index (χ0v) is 13.5. The SMILES string of the molecule is C=C(C)CCc1c(O)cc(C=Cc2ccc(O)cc2)cc1OC. The number of hydrogen-bond acceptors (Lipinski definition) is 3. The first-order valence-electron chi connectivity index (χ1n) is 7.51. The third kappa shape index (κ3) is 4.65. The maximum absolute atomic E-state index is 10.3. The molecule has 3 nitrogen and oxygen atoms in total. The van der Waals surface area contributed by atoms with Crippen molar-refractivity contribution in [2.24, 2.45) is 0 Å². The molecule has 3 heteroatoms. The van der Waals surface area contributed by atoms with E-state index < -0.39 is 0 Å². The smallest absolute Gasteiger partial charge is 0.126 e. The molecule has 0 unspecified atom stereocenters. The minimum absolute atomic E-state index is 0.232. The number of benzene rings is 2. The van der Waals surface area contributed by atoms with E-state index in [9.17, 15) is 10.2 Å². The Bertz CT molecular complexity index is 712. The summed E-state index contributed by atoms with van der Waals surface area (Å²) in [5, 5.41) is 19.6. The van der Waals surface area contributed by atoms with Gasteiger partial charge >= 0.3 is 0 Å². The van der Waals surface area contributed by atoms with Crippen molar-refractivity contribution in [3.8, 4) is 17.2 Å². The second kappa shape index (κ2) is 7.54. The van der Waals surface area contributed by atoms with Gasteiger partial charge in [-0.1, -0.05) is 29.9 Å². The Kier molecular flexibility index (Phi) is 5.47. The molecule has 0 fully saturated rings. The van der Waals surface area contributed by atoms with E-state index in [0.717, 1.165) is 28.7 Å². The fourth-order valence-corrected chi connectivity index (χ4v) is 2.30. The third-order valence-electron chi connectivity index (χ3n) is 3.59. The van der Waals surface area contributed by atoms with Gasteiger partial charge in [-0.25, -0.2) is 0 Å². The van der Waals surface area contributed by atoms with E-state index in [2.05, 4.69) is 6.58 Å². The normalized spacial score (nSPS) is 10.9. The molecule has 0 saturated carbocycles. The molecule has 0 aromatic heterocycles. The fraction of sp³-hybridized carbons (Fsp3) is 0.200. The van der Waals surface area contributed by atoms with Crippen molar-refractivity contribution in [1.82, 2.24) is 0 Å². The van der Waals surface area contributed by atoms with Crippen molar-refractivity contribution >= 4 is 12.2 Å². The summed E-state index contributed by atoms with van der Waals surface area (Å²) in [4.78, 5) is 0. The molecule has 0 atom stereocenters. The van der Waals surface area contributed by atoms with Crippen molar-refractivity contribution in [2.45, 2.75) is 19.8 Å². The average molecular weight is 310 g/mol. The maximum atomic E-state index is 10.3. The van der Waals surface area contributed by atoms with Gasteiger partial charge in [0, 0.05) is 5.56 Å². The fourth-order valence-electron chi connectivity index (χ4n) is 2.30. The largest absolute Gasteiger partial charge is 0.508 e. The van der Waals surface area contributed by atoms with E-state index in [1.54, 1.807) is 25.3 Å². The number of allylic oxidation sites excluding steroid dienone is 1. The standard InChI is InChI=1S/C20H22O3/c1-14(2)4-11-18-19(22)12-16(13-20(18)23-3)6-5-15-7-9-17(21)10-8-15/h5-10,12-13,21-22H,1,4,11H2,2-3H3. The molecule has 2 N–H and O–H groups in total. The first-order chi connectivity index (χ1) is 11.0. The Morgan fingerprint density at radius 1 is 1.09 bits per heavy atom. The number of phenols is 2. The van der Waals surface area contributed by atoms with Gasteiger partial charge in [0.05, 0.1) is 7.11 Å². The van der Waals surface area contributed by atoms with E-state index in [4.69, 9.17) is 4.74 Å². The van der Waals surface area contributed by atoms with Crippen LogP contribution in [0.2, 0.25) is 0 Å². The van der Waals surface area contributed by atoms with Crippen LogP contribution in [0.15, 0.2) is 48.6 Å². The van der Waals surface area contributed by atoms with Crippen molar-refractivity contribution < 1.29 is 14.9 Å². The van der Waals surface area contributed by atoms with E-state index in [-0.39, 0.29) is 11.5 Å². The van der Waals surface area contributed by atoms with Crippen LogP contribution < -0.4 is 4.74 Å². The van der Waals surface area contributed by atoms with Gasteiger partial charge in [0.1, 0.15) is 17.2 Å². The molecule has 0 saturated heterocycles. The second-order valence-electron chi connectivity index (χ2n) is 5.60. The van der Waals surface area contributed by atoms with Crippen molar-refractivity contribution in [3.05, 3.63) is 65.2 Å². The average Bonchev–Trinajstić information content (AvgIpc) is 2.52. The summed E-state index contributed by atoms with van der Waals surface area (Å²) in [6.45, 7) is 5.86. The predicted octanol–water partition coefficient (Wildman–Crippen LogP) is 4.79. The maximum Gasteiger partial charge on any atom is 0.126 e. The van der Waals surface area contributed by atoms with Crippen LogP contribution in [0, 0.1) is 0 Å². The quantitative estimate of drug-likeness (QED) is 0.596. The summed E-state index contributed by atoms with van der Waals surface area (Å²) in [5.74, 6) is 1.15. The van der Waals surface area contributed by atoms with E-state index >= 15 is 0 Å². The number of hydrogen-bond donors (Lipinski definition) is 2. The number of methoxy groups -OCH3 is 1. The third-order valence-corrected chi connectivity index (χ3v) is 3.59. The van der Waals surface area contributed by atoms with Crippen LogP contribution in [0.3, 0.4) is 0 Å². The molecule has 0 spiro atoms. The molecule has 0 amide bonds. The van der Waals surface area contributed by atoms with Crippen LogP contribution in [0.5, 0.6) is 17.2 Å². The number of rotatable bonds is 6. The lowest BCUT2D eigenvalue weighted by Gasteiger charge is -2.12. The summed E-state index contributed by atoms with van der Waals surface area (Å²) >= 11 is 0. The van der Waals surface area contributed by atoms with Crippen LogP contribution >= 0.6 is 0 Å². The lowest BCUT2D eigenvalue weighted by molar-refractivity contribution is 0.399.